The standard InChI is InChI=1S/C18H24N2O3/c1-2-13(9-10-21)12-19-17(22)8-7-15-11-14-5-3-4-6-16(14)20-18(15)23/h3-6,11,13,21H,2,7-10,12H2,1H3,(H,19,22)(H,20,23). The van der Waals surface area contributed by atoms with E-state index >= 15 is 0 Å². The first-order chi connectivity index (χ1) is 11.1. The molecule has 1 amide bonds. The fraction of sp³-hybridized carbons (Fsp3) is 0.444. The van der Waals surface area contributed by atoms with Gasteiger partial charge in [0.25, 0.3) is 5.56 Å². The Morgan fingerprint density at radius 3 is 2.87 bits per heavy atom. The summed E-state index contributed by atoms with van der Waals surface area (Å²) in [4.78, 5) is 26.8. The predicted octanol–water partition coefficient (Wildman–Crippen LogP) is 1.99. The summed E-state index contributed by atoms with van der Waals surface area (Å²) in [6.45, 7) is 2.76. The smallest absolute Gasteiger partial charge is 0.251 e. The zero-order valence-corrected chi connectivity index (χ0v) is 13.5. The number of nitrogens with one attached hydrogen (secondary N) is 2. The summed E-state index contributed by atoms with van der Waals surface area (Å²) in [6.07, 6.45) is 2.33. The fourth-order valence-corrected chi connectivity index (χ4v) is 2.61. The molecule has 0 aliphatic carbocycles. The molecule has 0 aliphatic heterocycles. The monoisotopic (exact) mass is 316 g/mol. The third kappa shape index (κ3) is 4.93. The number of carbonyl (C=O) groups excluding carboxylic acids is 1. The maximum Gasteiger partial charge on any atom is 0.251 e. The average Bonchev–Trinajstić information content (AvgIpc) is 2.56. The summed E-state index contributed by atoms with van der Waals surface area (Å²) < 4.78 is 0. The zero-order chi connectivity index (χ0) is 16.7. The topological polar surface area (TPSA) is 82.2 Å². The van der Waals surface area contributed by atoms with Crippen molar-refractivity contribution in [2.24, 2.45) is 5.92 Å². The highest BCUT2D eigenvalue weighted by Gasteiger charge is 2.10. The third-order valence-corrected chi connectivity index (χ3v) is 4.15. The molecule has 0 fully saturated rings. The van der Waals surface area contributed by atoms with Crippen LogP contribution in [0.1, 0.15) is 31.7 Å². The van der Waals surface area contributed by atoms with E-state index < -0.39 is 0 Å². The molecule has 5 nitrogen and oxygen atoms in total. The second-order valence-corrected chi connectivity index (χ2v) is 5.80. The zero-order valence-electron chi connectivity index (χ0n) is 13.5. The second-order valence-electron chi connectivity index (χ2n) is 5.80. The van der Waals surface area contributed by atoms with Gasteiger partial charge >= 0.3 is 0 Å². The highest BCUT2D eigenvalue weighted by molar-refractivity contribution is 5.79. The van der Waals surface area contributed by atoms with Crippen LogP contribution < -0.4 is 10.9 Å². The van der Waals surface area contributed by atoms with Crippen molar-refractivity contribution in [1.82, 2.24) is 10.3 Å². The molecule has 0 aliphatic rings. The number of pyridine rings is 1. The van der Waals surface area contributed by atoms with E-state index in [-0.39, 0.29) is 24.5 Å². The molecule has 0 saturated carbocycles. The van der Waals surface area contributed by atoms with E-state index in [0.717, 1.165) is 17.3 Å². The highest BCUT2D eigenvalue weighted by Crippen LogP contribution is 2.11. The number of aromatic nitrogens is 1. The van der Waals surface area contributed by atoms with Crippen molar-refractivity contribution in [3.8, 4) is 0 Å². The van der Waals surface area contributed by atoms with Gasteiger partial charge in [-0.15, -0.1) is 0 Å². The van der Waals surface area contributed by atoms with Crippen LogP contribution in [0.4, 0.5) is 0 Å². The van der Waals surface area contributed by atoms with Gasteiger partial charge in [-0.05, 0) is 36.3 Å². The van der Waals surface area contributed by atoms with Gasteiger partial charge in [0, 0.05) is 30.7 Å². The summed E-state index contributed by atoms with van der Waals surface area (Å²) >= 11 is 0. The lowest BCUT2D eigenvalue weighted by atomic mass is 10.0. The largest absolute Gasteiger partial charge is 0.396 e. The molecule has 2 rings (SSSR count). The molecule has 23 heavy (non-hydrogen) atoms. The summed E-state index contributed by atoms with van der Waals surface area (Å²) in [6, 6.07) is 9.45. The highest BCUT2D eigenvalue weighted by atomic mass is 16.3. The van der Waals surface area contributed by atoms with Gasteiger partial charge in [-0.3, -0.25) is 9.59 Å². The molecule has 1 atom stereocenters. The van der Waals surface area contributed by atoms with Gasteiger partial charge in [-0.1, -0.05) is 31.5 Å². The molecule has 2 aromatic rings. The quantitative estimate of drug-likeness (QED) is 0.696. The molecule has 1 unspecified atom stereocenters. The van der Waals surface area contributed by atoms with Crippen LogP contribution in [0.5, 0.6) is 0 Å². The van der Waals surface area contributed by atoms with Crippen LogP contribution >= 0.6 is 0 Å². The number of fused-ring (bicyclic) bond motifs is 1. The van der Waals surface area contributed by atoms with Crippen LogP contribution in [-0.4, -0.2) is 29.1 Å². The van der Waals surface area contributed by atoms with Gasteiger partial charge in [0.05, 0.1) is 0 Å². The van der Waals surface area contributed by atoms with Crippen LogP contribution in [0.2, 0.25) is 0 Å². The number of carbonyl (C=O) groups is 1. The number of amides is 1. The van der Waals surface area contributed by atoms with Crippen molar-refractivity contribution in [3.63, 3.8) is 0 Å². The van der Waals surface area contributed by atoms with Gasteiger partial charge in [-0.2, -0.15) is 0 Å². The van der Waals surface area contributed by atoms with E-state index in [1.54, 1.807) is 0 Å². The number of H-pyrrole nitrogens is 1. The molecule has 0 spiro atoms. The predicted molar refractivity (Wildman–Crippen MR) is 91.4 cm³/mol. The van der Waals surface area contributed by atoms with E-state index in [4.69, 9.17) is 5.11 Å². The van der Waals surface area contributed by atoms with E-state index in [1.807, 2.05) is 37.3 Å². The Morgan fingerprint density at radius 1 is 1.35 bits per heavy atom. The van der Waals surface area contributed by atoms with E-state index in [2.05, 4.69) is 10.3 Å². The Morgan fingerprint density at radius 2 is 2.13 bits per heavy atom. The lowest BCUT2D eigenvalue weighted by Crippen LogP contribution is -2.30. The van der Waals surface area contributed by atoms with E-state index in [0.29, 0.717) is 30.9 Å². The molecule has 3 N–H and O–H groups in total. The minimum Gasteiger partial charge on any atom is -0.396 e. The minimum absolute atomic E-state index is 0.0612. The van der Waals surface area contributed by atoms with Crippen molar-refractivity contribution < 1.29 is 9.90 Å². The van der Waals surface area contributed by atoms with Crippen LogP contribution in [0.3, 0.4) is 0 Å². The average molecular weight is 316 g/mol. The van der Waals surface area contributed by atoms with Crippen LogP contribution in [0, 0.1) is 5.92 Å². The fourth-order valence-electron chi connectivity index (χ4n) is 2.61. The van der Waals surface area contributed by atoms with E-state index in [1.165, 1.54) is 0 Å². The molecule has 1 aromatic heterocycles. The van der Waals surface area contributed by atoms with Crippen LogP contribution in [0.15, 0.2) is 35.1 Å². The first-order valence-electron chi connectivity index (χ1n) is 8.12. The third-order valence-electron chi connectivity index (χ3n) is 4.15. The van der Waals surface area contributed by atoms with Gasteiger partial charge in [-0.25, -0.2) is 0 Å². The number of rotatable bonds is 8. The first-order valence-corrected chi connectivity index (χ1v) is 8.12. The molecular formula is C18H24N2O3. The number of aryl methyl sites for hydroxylation is 1. The molecular weight excluding hydrogens is 292 g/mol. The van der Waals surface area contributed by atoms with Crippen molar-refractivity contribution in [2.75, 3.05) is 13.2 Å². The molecule has 0 radical (unpaired) electrons. The second kappa shape index (κ2) is 8.48. The number of aromatic amines is 1. The van der Waals surface area contributed by atoms with E-state index in [9.17, 15) is 9.59 Å². The lowest BCUT2D eigenvalue weighted by Gasteiger charge is -2.14. The SMILES string of the molecule is CCC(CCO)CNC(=O)CCc1cc2ccccc2[nH]c1=O. The Balaban J connectivity index is 1.91. The number of hydrogen-bond donors (Lipinski definition) is 3. The van der Waals surface area contributed by atoms with Gasteiger partial charge in [0.15, 0.2) is 0 Å². The Bertz CT molecular complexity index is 709. The summed E-state index contributed by atoms with van der Waals surface area (Å²) in [7, 11) is 0. The maximum absolute atomic E-state index is 12.0. The van der Waals surface area contributed by atoms with Gasteiger partial charge < -0.3 is 15.4 Å². The number of hydrogen-bond acceptors (Lipinski definition) is 3. The molecule has 1 heterocycles. The maximum atomic E-state index is 12.0. The van der Waals surface area contributed by atoms with Crippen LogP contribution in [0.25, 0.3) is 10.9 Å². The van der Waals surface area contributed by atoms with Crippen molar-refractivity contribution in [2.45, 2.75) is 32.6 Å². The number of aliphatic hydroxyl groups is 1. The number of benzene rings is 1. The minimum atomic E-state index is -0.136. The van der Waals surface area contributed by atoms with Gasteiger partial charge in [0.2, 0.25) is 5.91 Å². The summed E-state index contributed by atoms with van der Waals surface area (Å²) in [5.74, 6) is 0.238. The Hall–Kier alpha value is -2.14. The number of para-hydroxylation sites is 1. The number of aliphatic hydroxyl groups excluding tert-OH is 1. The van der Waals surface area contributed by atoms with Crippen molar-refractivity contribution >= 4 is 16.8 Å². The molecule has 5 heteroatoms. The van der Waals surface area contributed by atoms with Crippen LogP contribution in [-0.2, 0) is 11.2 Å². The van der Waals surface area contributed by atoms with Crippen molar-refractivity contribution in [1.29, 1.82) is 0 Å². The molecule has 124 valence electrons. The Kier molecular flexibility index (Phi) is 6.35. The summed E-state index contributed by atoms with van der Waals surface area (Å²) in [5, 5.41) is 12.8. The summed E-state index contributed by atoms with van der Waals surface area (Å²) in [5.41, 5.74) is 1.30. The van der Waals surface area contributed by atoms with Gasteiger partial charge in [0.1, 0.15) is 0 Å². The molecule has 1 aromatic carbocycles. The molecule has 0 saturated heterocycles. The Labute approximate surface area is 135 Å². The first kappa shape index (κ1) is 17.2. The lowest BCUT2D eigenvalue weighted by molar-refractivity contribution is -0.121. The normalized spacial score (nSPS) is 12.3. The molecule has 0 bridgehead atoms. The van der Waals surface area contributed by atoms with Crippen molar-refractivity contribution in [3.05, 3.63) is 46.2 Å².